The van der Waals surface area contributed by atoms with E-state index in [0.29, 0.717) is 0 Å². The molecule has 5 heteroatoms. The third-order valence-electron chi connectivity index (χ3n) is 1.70. The summed E-state index contributed by atoms with van der Waals surface area (Å²) in [5.74, 6) is -0.819. The van der Waals surface area contributed by atoms with Gasteiger partial charge in [0.05, 0.1) is 0 Å². The molecule has 0 aliphatic rings. The summed E-state index contributed by atoms with van der Waals surface area (Å²) in [6.07, 6.45) is 0. The Morgan fingerprint density at radius 1 is 1.57 bits per heavy atom. The second-order valence-corrected chi connectivity index (χ2v) is 14.4. The Morgan fingerprint density at radius 3 is 2.71 bits per heavy atom. The summed E-state index contributed by atoms with van der Waals surface area (Å²) in [6.45, 7) is 0. The average molecular weight is 421 g/mol. The zero-order valence-corrected chi connectivity index (χ0v) is 12.1. The topological polar surface area (TPSA) is 29.1 Å². The first-order chi connectivity index (χ1) is 6.56. The number of carbonyl (C=O) groups excluding carboxylic acids is 1. The van der Waals surface area contributed by atoms with E-state index in [2.05, 4.69) is 28.9 Å². The summed E-state index contributed by atoms with van der Waals surface area (Å²) in [6, 6.07) is 4.79. The molecule has 0 saturated heterocycles. The number of hydrogen-bond donors (Lipinski definition) is 1. The van der Waals surface area contributed by atoms with Gasteiger partial charge in [0.25, 0.3) is 0 Å². The predicted molar refractivity (Wildman–Crippen MR) is 72.5 cm³/mol. The van der Waals surface area contributed by atoms with Gasteiger partial charge >= 0.3 is 100.0 Å². The Morgan fingerprint density at radius 2 is 2.21 bits per heavy atom. The number of benzene rings is 1. The van der Waals surface area contributed by atoms with Crippen LogP contribution in [0.3, 0.4) is 0 Å². The van der Waals surface area contributed by atoms with Gasteiger partial charge in [0.1, 0.15) is 0 Å². The molecule has 0 atom stereocenters. The maximum absolute atomic E-state index is 13.2. The number of hydrogen-bond acceptors (Lipinski definition) is 1. The van der Waals surface area contributed by atoms with E-state index in [0.717, 1.165) is 3.57 Å². The third kappa shape index (κ3) is 2.78. The molecule has 14 heavy (non-hydrogen) atoms. The van der Waals surface area contributed by atoms with Gasteiger partial charge in [-0.05, 0) is 0 Å². The van der Waals surface area contributed by atoms with E-state index < -0.39 is 21.7 Å². The summed E-state index contributed by atoms with van der Waals surface area (Å²) >= 11 is 1.21. The summed E-state index contributed by atoms with van der Waals surface area (Å²) in [5, 5.41) is 2.42. The molecule has 0 aliphatic heterocycles. The zero-order valence-electron chi connectivity index (χ0n) is 7.77. The number of carbonyl (C=O) groups is 1. The van der Waals surface area contributed by atoms with E-state index >= 15 is 0 Å². The molecule has 1 rings (SSSR count). The SMILES string of the molecule is CNC(=O)c1cc(I(C)I)ccc1F. The Labute approximate surface area is 99.2 Å². The summed E-state index contributed by atoms with van der Waals surface area (Å²) < 4.78 is 14.3. The molecule has 0 unspecified atom stereocenters. The van der Waals surface area contributed by atoms with Crippen molar-refractivity contribution in [1.82, 2.24) is 5.32 Å². The van der Waals surface area contributed by atoms with Crippen LogP contribution in [0.25, 0.3) is 0 Å². The minimum atomic E-state index is -1.17. The number of halogens is 3. The fraction of sp³-hybridized carbons (Fsp3) is 0.222. The Bertz CT molecular complexity index is 355. The standard InChI is InChI=1S/C9H10FI2NO/c1-12(11)6-3-4-8(10)7(5-6)9(14)13-2/h3-5H,1-2H3,(H,13,14). The molecule has 1 amide bonds. The first kappa shape index (κ1) is 12.2. The number of rotatable bonds is 2. The summed E-state index contributed by atoms with van der Waals surface area (Å²) in [7, 11) is 1.50. The van der Waals surface area contributed by atoms with Gasteiger partial charge < -0.3 is 0 Å². The number of nitrogens with one attached hydrogen (secondary N) is 1. The molecule has 78 valence electrons. The van der Waals surface area contributed by atoms with E-state index in [9.17, 15) is 9.18 Å². The second kappa shape index (κ2) is 5.24. The van der Waals surface area contributed by atoms with Crippen LogP contribution < -0.4 is 5.32 Å². The van der Waals surface area contributed by atoms with E-state index in [4.69, 9.17) is 0 Å². The molecule has 0 spiro atoms. The molecule has 0 saturated carbocycles. The van der Waals surface area contributed by atoms with Crippen LogP contribution in [0, 0.1) is 9.39 Å². The van der Waals surface area contributed by atoms with E-state index in [-0.39, 0.29) is 11.5 Å². The molecular formula is C9H10FI2NO. The zero-order chi connectivity index (χ0) is 10.7. The Kier molecular flexibility index (Phi) is 4.55. The van der Waals surface area contributed by atoms with Crippen molar-refractivity contribution in [3.8, 4) is 0 Å². The molecule has 1 aromatic rings. The van der Waals surface area contributed by atoms with Crippen molar-refractivity contribution in [2.45, 2.75) is 0 Å². The number of amides is 1. The van der Waals surface area contributed by atoms with Crippen LogP contribution in [-0.4, -0.2) is 17.9 Å². The average Bonchev–Trinajstić information content (AvgIpc) is 2.17. The van der Waals surface area contributed by atoms with Crippen LogP contribution >= 0.6 is 34.5 Å². The fourth-order valence-electron chi connectivity index (χ4n) is 0.968. The predicted octanol–water partition coefficient (Wildman–Crippen LogP) is 2.84. The first-order valence-electron chi connectivity index (χ1n) is 3.84. The van der Waals surface area contributed by atoms with Crippen LogP contribution in [0.5, 0.6) is 0 Å². The Balaban J connectivity index is 3.15. The van der Waals surface area contributed by atoms with Gasteiger partial charge in [-0.3, -0.25) is 0 Å². The van der Waals surface area contributed by atoms with Crippen LogP contribution in [0.4, 0.5) is 4.39 Å². The van der Waals surface area contributed by atoms with Gasteiger partial charge in [0.2, 0.25) is 0 Å². The van der Waals surface area contributed by atoms with Crippen molar-refractivity contribution in [2.75, 3.05) is 12.0 Å². The van der Waals surface area contributed by atoms with Crippen LogP contribution in [0.2, 0.25) is 0 Å². The normalized spacial score (nSPS) is 11.0. The van der Waals surface area contributed by atoms with Crippen LogP contribution in [-0.2, 0) is 0 Å². The number of alkyl halides is 1. The molecule has 0 aliphatic carbocycles. The fourth-order valence-corrected chi connectivity index (χ4v) is 4.09. The maximum atomic E-state index is 13.2. The van der Waals surface area contributed by atoms with Gasteiger partial charge in [-0.2, -0.15) is 0 Å². The molecule has 0 bridgehead atoms. The third-order valence-corrected chi connectivity index (χ3v) is 7.25. The monoisotopic (exact) mass is 421 g/mol. The molecular weight excluding hydrogens is 411 g/mol. The molecule has 2 nitrogen and oxygen atoms in total. The van der Waals surface area contributed by atoms with E-state index in [1.165, 1.54) is 13.1 Å². The first-order valence-corrected chi connectivity index (χ1v) is 13.4. The second-order valence-electron chi connectivity index (χ2n) is 2.61. The van der Waals surface area contributed by atoms with Crippen LogP contribution in [0.1, 0.15) is 10.4 Å². The summed E-state index contributed by atoms with van der Waals surface area (Å²) in [5.41, 5.74) is 0.144. The van der Waals surface area contributed by atoms with Gasteiger partial charge in [0.15, 0.2) is 0 Å². The van der Waals surface area contributed by atoms with Crippen molar-refractivity contribution in [3.63, 3.8) is 0 Å². The van der Waals surface area contributed by atoms with Crippen LogP contribution in [0.15, 0.2) is 18.2 Å². The summed E-state index contributed by atoms with van der Waals surface area (Å²) in [4.78, 5) is 13.4. The van der Waals surface area contributed by atoms with E-state index in [1.54, 1.807) is 12.1 Å². The van der Waals surface area contributed by atoms with Gasteiger partial charge in [0, 0.05) is 0 Å². The molecule has 0 radical (unpaired) electrons. The van der Waals surface area contributed by atoms with Crippen molar-refractivity contribution >= 4 is 40.4 Å². The molecule has 0 aromatic heterocycles. The van der Waals surface area contributed by atoms with Gasteiger partial charge in [-0.25, -0.2) is 0 Å². The molecule has 0 fully saturated rings. The van der Waals surface area contributed by atoms with Gasteiger partial charge in [-0.1, -0.05) is 0 Å². The van der Waals surface area contributed by atoms with E-state index in [1.807, 2.05) is 0 Å². The Hall–Kier alpha value is 0.0800. The molecule has 1 N–H and O–H groups in total. The van der Waals surface area contributed by atoms with Crippen molar-refractivity contribution in [1.29, 1.82) is 0 Å². The quantitative estimate of drug-likeness (QED) is 0.578. The molecule has 1 aromatic carbocycles. The van der Waals surface area contributed by atoms with Crippen molar-refractivity contribution < 1.29 is 9.18 Å². The van der Waals surface area contributed by atoms with Crippen molar-refractivity contribution in [3.05, 3.63) is 33.1 Å². The van der Waals surface area contributed by atoms with Gasteiger partial charge in [-0.15, -0.1) is 0 Å². The van der Waals surface area contributed by atoms with Crippen molar-refractivity contribution in [2.24, 2.45) is 0 Å². The molecule has 0 heterocycles. The minimum absolute atomic E-state index is 0.144.